The van der Waals surface area contributed by atoms with Gasteiger partial charge in [0.15, 0.2) is 0 Å². The minimum absolute atomic E-state index is 0.188. The van der Waals surface area contributed by atoms with Crippen molar-refractivity contribution >= 4 is 5.91 Å². The van der Waals surface area contributed by atoms with Gasteiger partial charge >= 0.3 is 0 Å². The first-order valence-electron chi connectivity index (χ1n) is 7.88. The Morgan fingerprint density at radius 1 is 1.43 bits per heavy atom. The molecule has 116 valence electrons. The molecule has 21 heavy (non-hydrogen) atoms. The predicted octanol–water partition coefficient (Wildman–Crippen LogP) is 3.25. The molecule has 0 radical (unpaired) electrons. The van der Waals surface area contributed by atoms with Crippen molar-refractivity contribution < 1.29 is 9.18 Å². The summed E-state index contributed by atoms with van der Waals surface area (Å²) in [5.41, 5.74) is 6.42. The molecule has 0 unspecified atom stereocenters. The second kappa shape index (κ2) is 7.55. The van der Waals surface area contributed by atoms with Crippen molar-refractivity contribution in [3.63, 3.8) is 0 Å². The number of nitrogens with zero attached hydrogens (tertiary/aromatic N) is 1. The SMILES string of the molecule is CC[C@H](c1ccc(F)cc1)N1CCC[C@@H](CCC(N)=O)C1. The van der Waals surface area contributed by atoms with Crippen LogP contribution in [0.4, 0.5) is 4.39 Å². The summed E-state index contributed by atoms with van der Waals surface area (Å²) in [6, 6.07) is 7.17. The van der Waals surface area contributed by atoms with Crippen LogP contribution in [0.25, 0.3) is 0 Å². The van der Waals surface area contributed by atoms with E-state index in [1.54, 1.807) is 0 Å². The van der Waals surface area contributed by atoms with E-state index < -0.39 is 0 Å². The van der Waals surface area contributed by atoms with E-state index >= 15 is 0 Å². The highest BCUT2D eigenvalue weighted by Crippen LogP contribution is 2.30. The largest absolute Gasteiger partial charge is 0.370 e. The highest BCUT2D eigenvalue weighted by Gasteiger charge is 2.26. The van der Waals surface area contributed by atoms with Crippen molar-refractivity contribution in [2.45, 2.75) is 45.1 Å². The van der Waals surface area contributed by atoms with Crippen LogP contribution in [0.2, 0.25) is 0 Å². The molecule has 0 aliphatic carbocycles. The molecule has 1 aromatic rings. The van der Waals surface area contributed by atoms with Crippen molar-refractivity contribution in [2.24, 2.45) is 11.7 Å². The Morgan fingerprint density at radius 3 is 2.76 bits per heavy atom. The molecule has 1 fully saturated rings. The molecule has 0 aromatic heterocycles. The van der Waals surface area contributed by atoms with Gasteiger partial charge in [-0.15, -0.1) is 0 Å². The number of rotatable bonds is 6. The van der Waals surface area contributed by atoms with Crippen LogP contribution in [-0.4, -0.2) is 23.9 Å². The number of carbonyl (C=O) groups is 1. The molecular weight excluding hydrogens is 267 g/mol. The Labute approximate surface area is 126 Å². The molecule has 1 aliphatic rings. The summed E-state index contributed by atoms with van der Waals surface area (Å²) < 4.78 is 13.1. The van der Waals surface area contributed by atoms with E-state index in [4.69, 9.17) is 5.73 Å². The quantitative estimate of drug-likeness (QED) is 0.875. The molecule has 1 heterocycles. The maximum absolute atomic E-state index is 13.1. The van der Waals surface area contributed by atoms with Gasteiger partial charge in [0, 0.05) is 19.0 Å². The normalized spacial score (nSPS) is 21.1. The molecule has 0 bridgehead atoms. The molecule has 1 saturated heterocycles. The standard InChI is InChI=1S/C17H25FN2O/c1-2-16(14-6-8-15(18)9-7-14)20-11-3-4-13(12-20)5-10-17(19)21/h6-9,13,16H,2-5,10-12H2,1H3,(H2,19,21)/t13-,16+/m0/s1. The van der Waals surface area contributed by atoms with Gasteiger partial charge in [-0.05, 0) is 55.8 Å². The Bertz CT molecular complexity index is 460. The van der Waals surface area contributed by atoms with E-state index in [0.717, 1.165) is 32.4 Å². The van der Waals surface area contributed by atoms with Crippen LogP contribution < -0.4 is 5.73 Å². The number of nitrogens with two attached hydrogens (primary N) is 1. The predicted molar refractivity (Wildman–Crippen MR) is 82.2 cm³/mol. The number of piperidine rings is 1. The lowest BCUT2D eigenvalue weighted by atomic mass is 9.90. The molecule has 1 aliphatic heterocycles. The average molecular weight is 292 g/mol. The van der Waals surface area contributed by atoms with Crippen molar-refractivity contribution in [3.05, 3.63) is 35.6 Å². The summed E-state index contributed by atoms with van der Waals surface area (Å²) >= 11 is 0. The fraction of sp³-hybridized carbons (Fsp3) is 0.588. The third-order valence-electron chi connectivity index (χ3n) is 4.43. The van der Waals surface area contributed by atoms with E-state index in [-0.39, 0.29) is 11.7 Å². The Kier molecular flexibility index (Phi) is 5.74. The topological polar surface area (TPSA) is 46.3 Å². The molecular formula is C17H25FN2O. The molecule has 1 amide bonds. The minimum atomic E-state index is -0.210. The summed E-state index contributed by atoms with van der Waals surface area (Å²) in [7, 11) is 0. The summed E-state index contributed by atoms with van der Waals surface area (Å²) in [6.45, 7) is 4.24. The zero-order valence-corrected chi connectivity index (χ0v) is 12.7. The lowest BCUT2D eigenvalue weighted by Gasteiger charge is -2.38. The van der Waals surface area contributed by atoms with Gasteiger partial charge in [0.05, 0.1) is 0 Å². The number of benzene rings is 1. The minimum Gasteiger partial charge on any atom is -0.370 e. The van der Waals surface area contributed by atoms with Crippen LogP contribution >= 0.6 is 0 Å². The van der Waals surface area contributed by atoms with Crippen molar-refractivity contribution in [2.75, 3.05) is 13.1 Å². The van der Waals surface area contributed by atoms with Crippen molar-refractivity contribution in [1.82, 2.24) is 4.90 Å². The maximum Gasteiger partial charge on any atom is 0.217 e. The molecule has 4 heteroatoms. The number of likely N-dealkylation sites (tertiary alicyclic amines) is 1. The lowest BCUT2D eigenvalue weighted by Crippen LogP contribution is -2.38. The third-order valence-corrected chi connectivity index (χ3v) is 4.43. The highest BCUT2D eigenvalue weighted by molar-refractivity contribution is 5.73. The van der Waals surface area contributed by atoms with Crippen LogP contribution in [0.15, 0.2) is 24.3 Å². The van der Waals surface area contributed by atoms with Gasteiger partial charge in [0.1, 0.15) is 5.82 Å². The van der Waals surface area contributed by atoms with Gasteiger partial charge in [-0.2, -0.15) is 0 Å². The third kappa shape index (κ3) is 4.53. The van der Waals surface area contributed by atoms with E-state index in [1.165, 1.54) is 24.1 Å². The number of hydrogen-bond acceptors (Lipinski definition) is 2. The number of carbonyl (C=O) groups excluding carboxylic acids is 1. The monoisotopic (exact) mass is 292 g/mol. The fourth-order valence-electron chi connectivity index (χ4n) is 3.35. The molecule has 2 N–H and O–H groups in total. The van der Waals surface area contributed by atoms with Crippen LogP contribution in [0.1, 0.15) is 50.6 Å². The number of hydrogen-bond donors (Lipinski definition) is 1. The average Bonchev–Trinajstić information content (AvgIpc) is 2.48. The number of amides is 1. The maximum atomic E-state index is 13.1. The second-order valence-corrected chi connectivity index (χ2v) is 5.98. The van der Waals surface area contributed by atoms with Gasteiger partial charge in [-0.3, -0.25) is 9.69 Å². The summed E-state index contributed by atoms with van der Waals surface area (Å²) in [5.74, 6) is 0.144. The van der Waals surface area contributed by atoms with Crippen LogP contribution in [-0.2, 0) is 4.79 Å². The summed E-state index contributed by atoms with van der Waals surface area (Å²) in [6.07, 6.45) is 4.69. The van der Waals surface area contributed by atoms with E-state index in [1.807, 2.05) is 12.1 Å². The van der Waals surface area contributed by atoms with E-state index in [2.05, 4.69) is 11.8 Å². The van der Waals surface area contributed by atoms with Gasteiger partial charge in [-0.25, -0.2) is 4.39 Å². The number of primary amides is 1. The molecule has 3 nitrogen and oxygen atoms in total. The van der Waals surface area contributed by atoms with Crippen LogP contribution in [0.5, 0.6) is 0 Å². The molecule has 0 saturated carbocycles. The molecule has 1 aromatic carbocycles. The lowest BCUT2D eigenvalue weighted by molar-refractivity contribution is -0.118. The molecule has 0 spiro atoms. The smallest absolute Gasteiger partial charge is 0.217 e. The van der Waals surface area contributed by atoms with Gasteiger partial charge in [-0.1, -0.05) is 19.1 Å². The highest BCUT2D eigenvalue weighted by atomic mass is 19.1. The zero-order chi connectivity index (χ0) is 15.2. The van der Waals surface area contributed by atoms with Crippen molar-refractivity contribution in [3.8, 4) is 0 Å². The molecule has 2 rings (SSSR count). The Hall–Kier alpha value is -1.42. The first kappa shape index (κ1) is 16.0. The second-order valence-electron chi connectivity index (χ2n) is 5.98. The van der Waals surface area contributed by atoms with Gasteiger partial charge < -0.3 is 5.73 Å². The van der Waals surface area contributed by atoms with Crippen LogP contribution in [0, 0.1) is 11.7 Å². The van der Waals surface area contributed by atoms with Crippen LogP contribution in [0.3, 0.4) is 0 Å². The fourth-order valence-corrected chi connectivity index (χ4v) is 3.35. The van der Waals surface area contributed by atoms with E-state index in [0.29, 0.717) is 18.4 Å². The van der Waals surface area contributed by atoms with Crippen molar-refractivity contribution in [1.29, 1.82) is 0 Å². The van der Waals surface area contributed by atoms with E-state index in [9.17, 15) is 9.18 Å². The Balaban J connectivity index is 2.00. The Morgan fingerprint density at radius 2 is 2.14 bits per heavy atom. The summed E-state index contributed by atoms with van der Waals surface area (Å²) in [4.78, 5) is 13.4. The summed E-state index contributed by atoms with van der Waals surface area (Å²) in [5, 5.41) is 0. The van der Waals surface area contributed by atoms with Gasteiger partial charge in [0.2, 0.25) is 5.91 Å². The first-order chi connectivity index (χ1) is 10.1. The molecule has 2 atom stereocenters. The van der Waals surface area contributed by atoms with Gasteiger partial charge in [0.25, 0.3) is 0 Å². The zero-order valence-electron chi connectivity index (χ0n) is 12.7. The number of halogens is 1. The first-order valence-corrected chi connectivity index (χ1v) is 7.88.